The average molecular weight is 279 g/mol. The molecule has 1 fully saturated rings. The predicted molar refractivity (Wildman–Crippen MR) is 80.2 cm³/mol. The molecule has 1 aromatic heterocycles. The second-order valence-corrected chi connectivity index (χ2v) is 5.23. The van der Waals surface area contributed by atoms with Gasteiger partial charge >= 0.3 is 6.01 Å². The zero-order valence-corrected chi connectivity index (χ0v) is 12.6. The van der Waals surface area contributed by atoms with Crippen molar-refractivity contribution in [2.24, 2.45) is 5.92 Å². The topological polar surface area (TPSA) is 72.0 Å². The van der Waals surface area contributed by atoms with Crippen LogP contribution in [0, 0.1) is 5.92 Å². The fourth-order valence-electron chi connectivity index (χ4n) is 2.70. The molecule has 1 aliphatic carbocycles. The number of nitrogens with zero attached hydrogens (tertiary/aromatic N) is 3. The molecular weight excluding hydrogens is 254 g/mol. The normalized spacial score (nSPS) is 22.4. The summed E-state index contributed by atoms with van der Waals surface area (Å²) in [6.45, 7) is 4.74. The zero-order valence-electron chi connectivity index (χ0n) is 12.6. The number of nitrogens with one attached hydrogen (secondary N) is 2. The third-order valence-electron chi connectivity index (χ3n) is 3.81. The summed E-state index contributed by atoms with van der Waals surface area (Å²) in [5, 5.41) is 6.38. The maximum atomic E-state index is 5.38. The lowest BCUT2D eigenvalue weighted by Gasteiger charge is -2.29. The lowest BCUT2D eigenvalue weighted by Crippen LogP contribution is -2.28. The van der Waals surface area contributed by atoms with Crippen molar-refractivity contribution in [2.45, 2.75) is 52.0 Å². The first-order valence-corrected chi connectivity index (χ1v) is 7.58. The minimum atomic E-state index is 0.372. The van der Waals surface area contributed by atoms with Crippen LogP contribution in [0.3, 0.4) is 0 Å². The van der Waals surface area contributed by atoms with Gasteiger partial charge in [0.05, 0.1) is 6.61 Å². The maximum absolute atomic E-state index is 5.38. The summed E-state index contributed by atoms with van der Waals surface area (Å²) >= 11 is 0. The van der Waals surface area contributed by atoms with Gasteiger partial charge in [-0.15, -0.1) is 0 Å². The number of ether oxygens (including phenoxy) is 1. The minimum absolute atomic E-state index is 0.372. The Morgan fingerprint density at radius 3 is 2.65 bits per heavy atom. The average Bonchev–Trinajstić information content (AvgIpc) is 2.47. The van der Waals surface area contributed by atoms with Crippen molar-refractivity contribution in [1.29, 1.82) is 0 Å². The van der Waals surface area contributed by atoms with Crippen LogP contribution in [0.1, 0.15) is 46.0 Å². The molecular formula is C14H25N5O. The van der Waals surface area contributed by atoms with Crippen molar-refractivity contribution in [3.8, 4) is 6.01 Å². The van der Waals surface area contributed by atoms with E-state index in [4.69, 9.17) is 4.74 Å². The molecule has 20 heavy (non-hydrogen) atoms. The number of rotatable bonds is 6. The smallest absolute Gasteiger partial charge is 0.323 e. The number of hydrogen-bond acceptors (Lipinski definition) is 6. The van der Waals surface area contributed by atoms with Crippen molar-refractivity contribution in [1.82, 2.24) is 15.0 Å². The Morgan fingerprint density at radius 1 is 1.15 bits per heavy atom. The third kappa shape index (κ3) is 3.95. The molecule has 2 unspecified atom stereocenters. The summed E-state index contributed by atoms with van der Waals surface area (Å²) in [6, 6.07) is 0.826. The zero-order chi connectivity index (χ0) is 14.4. The van der Waals surface area contributed by atoms with Crippen LogP contribution in [-0.2, 0) is 0 Å². The molecule has 1 heterocycles. The SMILES string of the molecule is CCOc1nc(NC)nc(NC2CCCC(CC)C2)n1. The molecule has 0 aliphatic heterocycles. The van der Waals surface area contributed by atoms with Crippen LogP contribution in [-0.4, -0.2) is 34.6 Å². The van der Waals surface area contributed by atoms with E-state index < -0.39 is 0 Å². The summed E-state index contributed by atoms with van der Waals surface area (Å²) in [7, 11) is 1.79. The fourth-order valence-corrected chi connectivity index (χ4v) is 2.70. The predicted octanol–water partition coefficient (Wildman–Crippen LogP) is 2.69. The highest BCUT2D eigenvalue weighted by Gasteiger charge is 2.21. The van der Waals surface area contributed by atoms with E-state index in [1.165, 1.54) is 32.1 Å². The summed E-state index contributed by atoms with van der Waals surface area (Å²) in [6.07, 6.45) is 6.25. The van der Waals surface area contributed by atoms with E-state index >= 15 is 0 Å². The molecule has 2 atom stereocenters. The largest absolute Gasteiger partial charge is 0.464 e. The molecule has 0 aromatic carbocycles. The van der Waals surface area contributed by atoms with Crippen LogP contribution >= 0.6 is 0 Å². The van der Waals surface area contributed by atoms with Gasteiger partial charge in [0.25, 0.3) is 0 Å². The Hall–Kier alpha value is -1.59. The molecule has 0 bridgehead atoms. The number of hydrogen-bond donors (Lipinski definition) is 2. The molecule has 2 rings (SSSR count). The van der Waals surface area contributed by atoms with Crippen molar-refractivity contribution in [2.75, 3.05) is 24.3 Å². The summed E-state index contributed by atoms with van der Waals surface area (Å²) in [5.41, 5.74) is 0. The van der Waals surface area contributed by atoms with Gasteiger partial charge in [-0.2, -0.15) is 15.0 Å². The first-order valence-electron chi connectivity index (χ1n) is 7.58. The highest BCUT2D eigenvalue weighted by Crippen LogP contribution is 2.28. The van der Waals surface area contributed by atoms with E-state index in [-0.39, 0.29) is 0 Å². The standard InChI is InChI=1S/C14H25N5O/c1-4-10-7-6-8-11(9-10)16-13-17-12(15-3)18-14(19-13)20-5-2/h10-11H,4-9H2,1-3H3,(H2,15,16,17,18,19). The molecule has 1 aliphatic rings. The van der Waals surface area contributed by atoms with Crippen LogP contribution < -0.4 is 15.4 Å². The van der Waals surface area contributed by atoms with E-state index in [1.54, 1.807) is 7.05 Å². The van der Waals surface area contributed by atoms with Gasteiger partial charge in [0, 0.05) is 13.1 Å². The van der Waals surface area contributed by atoms with Crippen molar-refractivity contribution in [3.63, 3.8) is 0 Å². The molecule has 1 aromatic rings. The van der Waals surface area contributed by atoms with Gasteiger partial charge in [-0.1, -0.05) is 26.2 Å². The Labute approximate surface area is 120 Å². The Balaban J connectivity index is 2.05. The van der Waals surface area contributed by atoms with Gasteiger partial charge in [-0.05, 0) is 25.7 Å². The quantitative estimate of drug-likeness (QED) is 0.834. The van der Waals surface area contributed by atoms with Crippen LogP contribution in [0.15, 0.2) is 0 Å². The van der Waals surface area contributed by atoms with Gasteiger partial charge in [0.1, 0.15) is 0 Å². The molecule has 112 valence electrons. The van der Waals surface area contributed by atoms with E-state index in [1.807, 2.05) is 6.92 Å². The molecule has 0 spiro atoms. The van der Waals surface area contributed by atoms with Gasteiger partial charge in [0.15, 0.2) is 0 Å². The highest BCUT2D eigenvalue weighted by atomic mass is 16.5. The molecule has 6 nitrogen and oxygen atoms in total. The van der Waals surface area contributed by atoms with Crippen molar-refractivity contribution in [3.05, 3.63) is 0 Å². The molecule has 0 radical (unpaired) electrons. The van der Waals surface area contributed by atoms with Crippen molar-refractivity contribution < 1.29 is 4.74 Å². The molecule has 2 N–H and O–H groups in total. The maximum Gasteiger partial charge on any atom is 0.323 e. The van der Waals surface area contributed by atoms with Crippen LogP contribution in [0.4, 0.5) is 11.9 Å². The Kier molecular flexibility index (Phi) is 5.38. The lowest BCUT2D eigenvalue weighted by atomic mass is 9.84. The van der Waals surface area contributed by atoms with Gasteiger partial charge in [0.2, 0.25) is 11.9 Å². The van der Waals surface area contributed by atoms with E-state index in [0.29, 0.717) is 30.6 Å². The number of aromatic nitrogens is 3. The van der Waals surface area contributed by atoms with Gasteiger partial charge < -0.3 is 15.4 Å². The van der Waals surface area contributed by atoms with Crippen molar-refractivity contribution >= 4 is 11.9 Å². The monoisotopic (exact) mass is 279 g/mol. The summed E-state index contributed by atoms with van der Waals surface area (Å²) in [5.74, 6) is 1.96. The first-order chi connectivity index (χ1) is 9.75. The Bertz CT molecular complexity index is 426. The number of anilines is 2. The second-order valence-electron chi connectivity index (χ2n) is 5.23. The first kappa shape index (κ1) is 14.8. The summed E-state index contributed by atoms with van der Waals surface area (Å²) < 4.78 is 5.38. The van der Waals surface area contributed by atoms with E-state index in [0.717, 1.165) is 5.92 Å². The molecule has 6 heteroatoms. The molecule has 0 amide bonds. The van der Waals surface area contributed by atoms with Crippen LogP contribution in [0.5, 0.6) is 6.01 Å². The lowest BCUT2D eigenvalue weighted by molar-refractivity contribution is 0.310. The van der Waals surface area contributed by atoms with Gasteiger partial charge in [-0.25, -0.2) is 0 Å². The van der Waals surface area contributed by atoms with E-state index in [2.05, 4.69) is 32.5 Å². The highest BCUT2D eigenvalue weighted by molar-refractivity contribution is 5.36. The van der Waals surface area contributed by atoms with Gasteiger partial charge in [-0.3, -0.25) is 0 Å². The van der Waals surface area contributed by atoms with E-state index in [9.17, 15) is 0 Å². The minimum Gasteiger partial charge on any atom is -0.464 e. The van der Waals surface area contributed by atoms with Crippen LogP contribution in [0.25, 0.3) is 0 Å². The third-order valence-corrected chi connectivity index (χ3v) is 3.81. The molecule has 1 saturated carbocycles. The molecule has 0 saturated heterocycles. The second kappa shape index (κ2) is 7.26. The fraction of sp³-hybridized carbons (Fsp3) is 0.786. The van der Waals surface area contributed by atoms with Crippen LogP contribution in [0.2, 0.25) is 0 Å². The Morgan fingerprint density at radius 2 is 1.95 bits per heavy atom. The summed E-state index contributed by atoms with van der Waals surface area (Å²) in [4.78, 5) is 12.8.